The van der Waals surface area contributed by atoms with Gasteiger partial charge in [0.15, 0.2) is 11.6 Å². The van der Waals surface area contributed by atoms with Crippen molar-refractivity contribution in [2.24, 2.45) is 7.05 Å². The molecule has 2 rings (SSSR count). The zero-order valence-electron chi connectivity index (χ0n) is 8.57. The van der Waals surface area contributed by atoms with E-state index in [-0.39, 0.29) is 11.6 Å². The van der Waals surface area contributed by atoms with Crippen LogP contribution >= 0.6 is 0 Å². The van der Waals surface area contributed by atoms with Crippen LogP contribution in [0, 0.1) is 5.82 Å². The van der Waals surface area contributed by atoms with Crippen LogP contribution in [0.4, 0.5) is 4.39 Å². The minimum atomic E-state index is -0.374. The molecular weight excluding hydrogens is 195 g/mol. The van der Waals surface area contributed by atoms with Gasteiger partial charge in [-0.05, 0) is 18.2 Å². The van der Waals surface area contributed by atoms with E-state index in [4.69, 9.17) is 4.74 Å². The van der Waals surface area contributed by atoms with Crippen LogP contribution in [0.1, 0.15) is 0 Å². The predicted molar refractivity (Wildman–Crippen MR) is 55.2 cm³/mol. The molecule has 0 aliphatic heterocycles. The maximum Gasteiger partial charge on any atom is 0.165 e. The van der Waals surface area contributed by atoms with E-state index in [1.807, 2.05) is 17.8 Å². The van der Waals surface area contributed by atoms with Crippen LogP contribution in [-0.2, 0) is 7.05 Å². The van der Waals surface area contributed by atoms with Crippen LogP contribution in [0.15, 0.2) is 30.7 Å². The van der Waals surface area contributed by atoms with Gasteiger partial charge in [-0.15, -0.1) is 0 Å². The third-order valence-electron chi connectivity index (χ3n) is 2.15. The lowest BCUT2D eigenvalue weighted by molar-refractivity contribution is 0.386. The molecule has 0 aliphatic carbocycles. The molecule has 2 aromatic rings. The highest BCUT2D eigenvalue weighted by atomic mass is 19.1. The molecule has 1 aromatic carbocycles. The molecule has 0 spiro atoms. The van der Waals surface area contributed by atoms with Crippen molar-refractivity contribution < 1.29 is 9.13 Å². The minimum absolute atomic E-state index is 0.245. The number of aromatic nitrogens is 2. The Balaban J connectivity index is 2.42. The Morgan fingerprint density at radius 2 is 2.20 bits per heavy atom. The Labute approximate surface area is 87.1 Å². The molecule has 1 aromatic heterocycles. The van der Waals surface area contributed by atoms with Crippen LogP contribution < -0.4 is 4.74 Å². The van der Waals surface area contributed by atoms with E-state index in [2.05, 4.69) is 4.98 Å². The quantitative estimate of drug-likeness (QED) is 0.753. The Morgan fingerprint density at radius 1 is 1.40 bits per heavy atom. The van der Waals surface area contributed by atoms with E-state index < -0.39 is 0 Å². The molecular formula is C11H11FN2O. The highest BCUT2D eigenvalue weighted by molar-refractivity contribution is 5.59. The summed E-state index contributed by atoms with van der Waals surface area (Å²) in [5.74, 6) is -0.129. The van der Waals surface area contributed by atoms with Gasteiger partial charge < -0.3 is 9.30 Å². The second-order valence-electron chi connectivity index (χ2n) is 3.27. The Hall–Kier alpha value is -1.84. The zero-order valence-corrected chi connectivity index (χ0v) is 8.57. The van der Waals surface area contributed by atoms with E-state index in [0.29, 0.717) is 0 Å². The van der Waals surface area contributed by atoms with Crippen LogP contribution in [0.2, 0.25) is 0 Å². The zero-order chi connectivity index (χ0) is 10.8. The molecule has 0 fully saturated rings. The van der Waals surface area contributed by atoms with Crippen LogP contribution in [0.3, 0.4) is 0 Å². The van der Waals surface area contributed by atoms with Crippen molar-refractivity contribution >= 4 is 0 Å². The summed E-state index contributed by atoms with van der Waals surface area (Å²) >= 11 is 0. The molecule has 0 saturated carbocycles. The van der Waals surface area contributed by atoms with Crippen molar-refractivity contribution in [2.75, 3.05) is 7.11 Å². The fourth-order valence-electron chi connectivity index (χ4n) is 1.39. The third kappa shape index (κ3) is 1.83. The number of nitrogens with zero attached hydrogens (tertiary/aromatic N) is 2. The number of hydrogen-bond donors (Lipinski definition) is 0. The highest BCUT2D eigenvalue weighted by Crippen LogP contribution is 2.23. The summed E-state index contributed by atoms with van der Waals surface area (Å²) < 4.78 is 20.0. The van der Waals surface area contributed by atoms with E-state index in [0.717, 1.165) is 11.3 Å². The first-order chi connectivity index (χ1) is 7.20. The molecule has 1 heterocycles. The fourth-order valence-corrected chi connectivity index (χ4v) is 1.39. The van der Waals surface area contributed by atoms with Gasteiger partial charge in [-0.2, -0.15) is 0 Å². The van der Waals surface area contributed by atoms with E-state index in [1.54, 1.807) is 18.5 Å². The summed E-state index contributed by atoms with van der Waals surface area (Å²) in [7, 11) is 3.31. The lowest BCUT2D eigenvalue weighted by Crippen LogP contribution is -1.88. The average Bonchev–Trinajstić information content (AvgIpc) is 2.65. The number of imidazole rings is 1. The number of hydrogen-bond acceptors (Lipinski definition) is 2. The van der Waals surface area contributed by atoms with Crippen LogP contribution in [-0.4, -0.2) is 16.7 Å². The highest BCUT2D eigenvalue weighted by Gasteiger charge is 2.06. The molecule has 0 N–H and O–H groups in total. The van der Waals surface area contributed by atoms with Gasteiger partial charge in [-0.3, -0.25) is 0 Å². The molecule has 0 bridgehead atoms. The van der Waals surface area contributed by atoms with Gasteiger partial charge in [0.05, 0.1) is 19.1 Å². The topological polar surface area (TPSA) is 27.1 Å². The number of ether oxygens (including phenoxy) is 1. The van der Waals surface area contributed by atoms with Crippen molar-refractivity contribution in [2.45, 2.75) is 0 Å². The largest absolute Gasteiger partial charge is 0.494 e. The first-order valence-electron chi connectivity index (χ1n) is 4.52. The molecule has 0 atom stereocenters. The third-order valence-corrected chi connectivity index (χ3v) is 2.15. The molecule has 0 amide bonds. The fraction of sp³-hybridized carbons (Fsp3) is 0.182. The smallest absolute Gasteiger partial charge is 0.165 e. The minimum Gasteiger partial charge on any atom is -0.494 e. The predicted octanol–water partition coefficient (Wildman–Crippen LogP) is 2.23. The van der Waals surface area contributed by atoms with Crippen molar-refractivity contribution in [3.63, 3.8) is 0 Å². The van der Waals surface area contributed by atoms with Gasteiger partial charge in [-0.1, -0.05) is 0 Å². The normalized spacial score (nSPS) is 10.3. The molecule has 0 radical (unpaired) electrons. The summed E-state index contributed by atoms with van der Waals surface area (Å²) in [6.07, 6.45) is 3.51. The molecule has 0 aliphatic rings. The molecule has 0 unspecified atom stereocenters. The molecule has 3 nitrogen and oxygen atoms in total. The Bertz CT molecular complexity index is 479. The molecule has 78 valence electrons. The van der Waals surface area contributed by atoms with Gasteiger partial charge in [0, 0.05) is 18.8 Å². The summed E-state index contributed by atoms with van der Waals surface area (Å²) in [4.78, 5) is 4.14. The first-order valence-corrected chi connectivity index (χ1v) is 4.52. The van der Waals surface area contributed by atoms with Gasteiger partial charge >= 0.3 is 0 Å². The standard InChI is InChI=1S/C11H11FN2O/c1-14-6-10(13-7-14)8-3-4-11(15-2)9(12)5-8/h3-7H,1-2H3. The van der Waals surface area contributed by atoms with Crippen molar-refractivity contribution in [3.8, 4) is 17.0 Å². The monoisotopic (exact) mass is 206 g/mol. The molecule has 0 saturated heterocycles. The summed E-state index contributed by atoms with van der Waals surface area (Å²) in [5.41, 5.74) is 1.49. The second-order valence-corrected chi connectivity index (χ2v) is 3.27. The first kappa shape index (κ1) is 9.71. The maximum absolute atomic E-state index is 13.4. The Kier molecular flexibility index (Phi) is 2.41. The summed E-state index contributed by atoms with van der Waals surface area (Å²) in [6.45, 7) is 0. The van der Waals surface area contributed by atoms with E-state index in [9.17, 15) is 4.39 Å². The lowest BCUT2D eigenvalue weighted by Gasteiger charge is -2.02. The second kappa shape index (κ2) is 3.73. The summed E-state index contributed by atoms with van der Waals surface area (Å²) in [5, 5.41) is 0. The Morgan fingerprint density at radius 3 is 2.73 bits per heavy atom. The van der Waals surface area contributed by atoms with Gasteiger partial charge in [0.2, 0.25) is 0 Å². The number of benzene rings is 1. The molecule has 15 heavy (non-hydrogen) atoms. The van der Waals surface area contributed by atoms with Gasteiger partial charge in [0.25, 0.3) is 0 Å². The SMILES string of the molecule is COc1ccc(-c2cn(C)cn2)cc1F. The number of rotatable bonds is 2. The average molecular weight is 206 g/mol. The maximum atomic E-state index is 13.4. The van der Waals surface area contributed by atoms with Crippen molar-refractivity contribution in [3.05, 3.63) is 36.5 Å². The van der Waals surface area contributed by atoms with Crippen molar-refractivity contribution in [1.82, 2.24) is 9.55 Å². The van der Waals surface area contributed by atoms with Gasteiger partial charge in [0.1, 0.15) is 0 Å². The number of methoxy groups -OCH3 is 1. The van der Waals surface area contributed by atoms with E-state index >= 15 is 0 Å². The lowest BCUT2D eigenvalue weighted by atomic mass is 10.1. The number of halogens is 1. The van der Waals surface area contributed by atoms with Crippen LogP contribution in [0.25, 0.3) is 11.3 Å². The van der Waals surface area contributed by atoms with E-state index in [1.165, 1.54) is 13.2 Å². The van der Waals surface area contributed by atoms with Gasteiger partial charge in [-0.25, -0.2) is 9.37 Å². The summed E-state index contributed by atoms with van der Waals surface area (Å²) in [6, 6.07) is 4.80. The molecule has 4 heteroatoms. The van der Waals surface area contributed by atoms with Crippen molar-refractivity contribution in [1.29, 1.82) is 0 Å². The number of aryl methyl sites for hydroxylation is 1. The van der Waals surface area contributed by atoms with Crippen LogP contribution in [0.5, 0.6) is 5.75 Å².